The molecule has 124 valence electrons. The van der Waals surface area contributed by atoms with E-state index < -0.39 is 0 Å². The number of fused-ring (bicyclic) bond motifs is 5. The fourth-order valence-corrected chi connectivity index (χ4v) is 5.55. The minimum atomic E-state index is -0.237. The van der Waals surface area contributed by atoms with Gasteiger partial charge in [-0.25, -0.2) is 0 Å². The van der Waals surface area contributed by atoms with Crippen molar-refractivity contribution in [1.82, 2.24) is 0 Å². The van der Waals surface area contributed by atoms with Crippen molar-refractivity contribution < 1.29 is 19.7 Å². The van der Waals surface area contributed by atoms with Crippen LogP contribution in [0.25, 0.3) is 0 Å². The maximum atomic E-state index is 12.7. The fourth-order valence-electron chi connectivity index (χ4n) is 5.55. The molecule has 0 heterocycles. The van der Waals surface area contributed by atoms with E-state index in [4.69, 9.17) is 4.74 Å². The lowest BCUT2D eigenvalue weighted by Gasteiger charge is -2.49. The number of benzene rings is 1. The average Bonchev–Trinajstić information content (AvgIpc) is 2.83. The summed E-state index contributed by atoms with van der Waals surface area (Å²) >= 11 is 0. The van der Waals surface area contributed by atoms with Crippen LogP contribution in [-0.4, -0.2) is 29.2 Å². The normalized spacial score (nSPS) is 38.7. The number of aliphatic hydroxyl groups is 1. The van der Waals surface area contributed by atoms with Gasteiger partial charge in [0.15, 0.2) is 17.3 Å². The van der Waals surface area contributed by atoms with Crippen molar-refractivity contribution in [2.75, 3.05) is 7.11 Å². The summed E-state index contributed by atoms with van der Waals surface area (Å²) in [5.74, 6) is 1.64. The van der Waals surface area contributed by atoms with Gasteiger partial charge in [-0.05, 0) is 66.5 Å². The highest BCUT2D eigenvalue weighted by Gasteiger charge is 2.55. The number of rotatable bonds is 1. The number of methoxy groups -OCH3 is 1. The predicted molar refractivity (Wildman–Crippen MR) is 85.9 cm³/mol. The van der Waals surface area contributed by atoms with Crippen LogP contribution in [-0.2, 0) is 0 Å². The number of aromatic hydroxyl groups is 1. The van der Waals surface area contributed by atoms with Gasteiger partial charge in [0.1, 0.15) is 0 Å². The van der Waals surface area contributed by atoms with E-state index in [0.29, 0.717) is 35.5 Å². The molecule has 3 aliphatic carbocycles. The van der Waals surface area contributed by atoms with E-state index >= 15 is 0 Å². The smallest absolute Gasteiger partial charge is 0.163 e. The number of ketones is 1. The number of carbonyl (C=O) groups is 1. The van der Waals surface area contributed by atoms with Gasteiger partial charge in [0.2, 0.25) is 0 Å². The molecule has 3 aliphatic rings. The lowest BCUT2D eigenvalue weighted by molar-refractivity contribution is -0.0208. The van der Waals surface area contributed by atoms with Crippen LogP contribution in [0.5, 0.6) is 11.5 Å². The number of phenolic OH excluding ortho intramolecular Hbond substituents is 1. The average molecular weight is 316 g/mol. The number of hydrogen-bond donors (Lipinski definition) is 2. The van der Waals surface area contributed by atoms with Crippen LogP contribution in [0.1, 0.15) is 60.9 Å². The van der Waals surface area contributed by atoms with Crippen molar-refractivity contribution in [3.63, 3.8) is 0 Å². The van der Waals surface area contributed by atoms with E-state index in [1.54, 1.807) is 6.07 Å². The van der Waals surface area contributed by atoms with Gasteiger partial charge < -0.3 is 14.9 Å². The molecule has 1 aromatic rings. The summed E-state index contributed by atoms with van der Waals surface area (Å²) in [5.41, 5.74) is 1.65. The molecule has 0 radical (unpaired) electrons. The Morgan fingerprint density at radius 2 is 2.04 bits per heavy atom. The van der Waals surface area contributed by atoms with Gasteiger partial charge in [-0.2, -0.15) is 0 Å². The van der Waals surface area contributed by atoms with E-state index in [1.165, 1.54) is 7.11 Å². The van der Waals surface area contributed by atoms with Crippen LogP contribution in [0, 0.1) is 17.3 Å². The lowest BCUT2D eigenvalue weighted by atomic mass is 9.55. The highest BCUT2D eigenvalue weighted by Crippen LogP contribution is 2.61. The van der Waals surface area contributed by atoms with Crippen molar-refractivity contribution in [3.8, 4) is 11.5 Å². The molecule has 2 N–H and O–H groups in total. The van der Waals surface area contributed by atoms with E-state index in [9.17, 15) is 15.0 Å². The van der Waals surface area contributed by atoms with Gasteiger partial charge in [0.25, 0.3) is 0 Å². The second-order valence-corrected chi connectivity index (χ2v) is 7.75. The van der Waals surface area contributed by atoms with E-state index in [1.807, 2.05) is 6.07 Å². The molecule has 0 unspecified atom stereocenters. The van der Waals surface area contributed by atoms with Crippen molar-refractivity contribution in [2.45, 2.75) is 51.0 Å². The van der Waals surface area contributed by atoms with Crippen LogP contribution in [0.3, 0.4) is 0 Å². The molecule has 4 nitrogen and oxygen atoms in total. The monoisotopic (exact) mass is 316 g/mol. The number of hydrogen-bond acceptors (Lipinski definition) is 4. The van der Waals surface area contributed by atoms with E-state index in [2.05, 4.69) is 6.92 Å². The molecular weight excluding hydrogens is 292 g/mol. The first kappa shape index (κ1) is 15.0. The van der Waals surface area contributed by atoms with Gasteiger partial charge >= 0.3 is 0 Å². The van der Waals surface area contributed by atoms with Gasteiger partial charge in [0.05, 0.1) is 13.2 Å². The summed E-state index contributed by atoms with van der Waals surface area (Å²) in [6.07, 6.45) is 4.15. The van der Waals surface area contributed by atoms with Crippen LogP contribution in [0.2, 0.25) is 0 Å². The Morgan fingerprint density at radius 3 is 2.78 bits per heavy atom. The van der Waals surface area contributed by atoms with Gasteiger partial charge in [0, 0.05) is 12.0 Å². The number of Topliss-reactive ketones (excluding diaryl/α,β-unsaturated/α-hetero) is 1. The third-order valence-electron chi connectivity index (χ3n) is 6.86. The molecule has 0 amide bonds. The molecule has 4 heteroatoms. The molecule has 5 atom stereocenters. The molecule has 4 rings (SSSR count). The highest BCUT2D eigenvalue weighted by molar-refractivity contribution is 5.99. The van der Waals surface area contributed by atoms with Gasteiger partial charge in [-0.3, -0.25) is 4.79 Å². The Kier molecular flexibility index (Phi) is 3.24. The van der Waals surface area contributed by atoms with Gasteiger partial charge in [-0.1, -0.05) is 6.92 Å². The second-order valence-electron chi connectivity index (χ2n) is 7.75. The molecule has 0 bridgehead atoms. The van der Waals surface area contributed by atoms with Crippen molar-refractivity contribution >= 4 is 5.78 Å². The summed E-state index contributed by atoms with van der Waals surface area (Å²) in [6, 6.07) is 3.43. The topological polar surface area (TPSA) is 66.8 Å². The van der Waals surface area contributed by atoms with E-state index in [0.717, 1.165) is 31.2 Å². The zero-order valence-corrected chi connectivity index (χ0v) is 13.7. The zero-order chi connectivity index (χ0) is 16.4. The standard InChI is InChI=1S/C19H24O4/c1-19-6-5-10-11-9-17(23-2)16(21)8-13(11)15(20)7-12(10)14(19)3-4-18(19)22/h8-10,12,14,18,21-22H,3-7H2,1-2H3/t10-,12-,14+,18-,19+/m1/s1. The molecular formula is C19H24O4. The van der Waals surface area contributed by atoms with Crippen LogP contribution >= 0.6 is 0 Å². The number of ether oxygens (including phenoxy) is 1. The molecule has 0 saturated heterocycles. The molecule has 0 spiro atoms. The Bertz CT molecular complexity index is 668. The third-order valence-corrected chi connectivity index (χ3v) is 6.86. The number of aliphatic hydroxyl groups excluding tert-OH is 1. The maximum absolute atomic E-state index is 12.7. The van der Waals surface area contributed by atoms with E-state index in [-0.39, 0.29) is 23.1 Å². The predicted octanol–water partition coefficient (Wildman–Crippen LogP) is 3.26. The molecule has 23 heavy (non-hydrogen) atoms. The van der Waals surface area contributed by atoms with Crippen LogP contribution in [0.4, 0.5) is 0 Å². The Hall–Kier alpha value is -1.55. The molecule has 0 aromatic heterocycles. The Morgan fingerprint density at radius 1 is 1.26 bits per heavy atom. The summed E-state index contributed by atoms with van der Waals surface area (Å²) in [5, 5.41) is 20.4. The minimum absolute atomic E-state index is 0.0370. The zero-order valence-electron chi connectivity index (χ0n) is 13.7. The number of phenols is 1. The first-order valence-electron chi connectivity index (χ1n) is 8.58. The summed E-state index contributed by atoms with van der Waals surface area (Å²) in [4.78, 5) is 12.7. The molecule has 2 fully saturated rings. The van der Waals surface area contributed by atoms with Gasteiger partial charge in [-0.15, -0.1) is 0 Å². The summed E-state index contributed by atoms with van der Waals surface area (Å²) in [7, 11) is 1.54. The largest absolute Gasteiger partial charge is 0.504 e. The Balaban J connectivity index is 1.78. The van der Waals surface area contributed by atoms with Crippen molar-refractivity contribution in [1.29, 1.82) is 0 Å². The fraction of sp³-hybridized carbons (Fsp3) is 0.632. The van der Waals surface area contributed by atoms with Crippen LogP contribution < -0.4 is 4.74 Å². The maximum Gasteiger partial charge on any atom is 0.163 e. The summed E-state index contributed by atoms with van der Waals surface area (Å²) in [6.45, 7) is 2.20. The lowest BCUT2D eigenvalue weighted by Crippen LogP contribution is -2.44. The minimum Gasteiger partial charge on any atom is -0.504 e. The van der Waals surface area contributed by atoms with Crippen molar-refractivity contribution in [3.05, 3.63) is 23.3 Å². The quantitative estimate of drug-likeness (QED) is 0.834. The SMILES string of the molecule is COc1cc2c(cc1O)C(=O)C[C@@H]1[C@@H]2CC[C@]2(C)[C@H](O)CC[C@@H]12. The first-order chi connectivity index (χ1) is 11.0. The first-order valence-corrected chi connectivity index (χ1v) is 8.58. The molecule has 0 aliphatic heterocycles. The number of carbonyl (C=O) groups excluding carboxylic acids is 1. The molecule has 1 aromatic carbocycles. The highest BCUT2D eigenvalue weighted by atomic mass is 16.5. The molecule has 2 saturated carbocycles. The Labute approximate surface area is 136 Å². The second kappa shape index (κ2) is 4.97. The third kappa shape index (κ3) is 1.97. The summed E-state index contributed by atoms with van der Waals surface area (Å²) < 4.78 is 5.25. The van der Waals surface area contributed by atoms with Crippen LogP contribution in [0.15, 0.2) is 12.1 Å². The van der Waals surface area contributed by atoms with Crippen molar-refractivity contribution in [2.24, 2.45) is 17.3 Å².